The molecule has 0 fully saturated rings. The van der Waals surface area contributed by atoms with Crippen LogP contribution in [-0.4, -0.2) is 19.2 Å². The molecule has 16 heavy (non-hydrogen) atoms. The second-order valence-electron chi connectivity index (χ2n) is 3.97. The van der Waals surface area contributed by atoms with Gasteiger partial charge in [-0.2, -0.15) is 0 Å². The molecular weight excluding hydrogens is 204 g/mol. The Labute approximate surface area is 95.4 Å². The van der Waals surface area contributed by atoms with Crippen molar-refractivity contribution >= 4 is 6.29 Å². The Bertz CT molecular complexity index is 362. The Morgan fingerprint density at radius 3 is 3.06 bits per heavy atom. The van der Waals surface area contributed by atoms with Crippen LogP contribution in [0.2, 0.25) is 0 Å². The summed E-state index contributed by atoms with van der Waals surface area (Å²) in [5.41, 5.74) is 1.08. The SMILES string of the molecule is CCCOC1Oc2ccccc2CC1C=O. The number of rotatable bonds is 4. The average molecular weight is 220 g/mol. The van der Waals surface area contributed by atoms with Gasteiger partial charge in [-0.05, 0) is 24.5 Å². The first-order valence-electron chi connectivity index (χ1n) is 5.66. The number of carbonyl (C=O) groups excluding carboxylic acids is 1. The molecule has 1 aliphatic rings. The van der Waals surface area contributed by atoms with E-state index in [1.807, 2.05) is 31.2 Å². The van der Waals surface area contributed by atoms with Gasteiger partial charge in [0.2, 0.25) is 6.29 Å². The van der Waals surface area contributed by atoms with Gasteiger partial charge in [0.1, 0.15) is 12.0 Å². The number of para-hydroxylation sites is 1. The molecule has 0 aromatic heterocycles. The maximum absolute atomic E-state index is 11.0. The summed E-state index contributed by atoms with van der Waals surface area (Å²) in [6, 6.07) is 7.79. The molecule has 0 radical (unpaired) electrons. The molecule has 0 saturated heterocycles. The van der Waals surface area contributed by atoms with Crippen molar-refractivity contribution in [2.45, 2.75) is 26.1 Å². The summed E-state index contributed by atoms with van der Waals surface area (Å²) < 4.78 is 11.2. The first kappa shape index (κ1) is 11.1. The minimum atomic E-state index is -0.424. The number of aldehydes is 1. The molecule has 86 valence electrons. The number of hydrogen-bond acceptors (Lipinski definition) is 3. The third kappa shape index (κ3) is 2.25. The lowest BCUT2D eigenvalue weighted by Crippen LogP contribution is -2.36. The third-order valence-electron chi connectivity index (χ3n) is 2.68. The van der Waals surface area contributed by atoms with E-state index in [1.165, 1.54) is 0 Å². The summed E-state index contributed by atoms with van der Waals surface area (Å²) in [6.45, 7) is 2.66. The molecular formula is C13H16O3. The average Bonchev–Trinajstić information content (AvgIpc) is 2.35. The predicted octanol–water partition coefficient (Wildman–Crippen LogP) is 2.19. The van der Waals surface area contributed by atoms with Crippen LogP contribution in [0.3, 0.4) is 0 Å². The Kier molecular flexibility index (Phi) is 3.57. The molecule has 1 aromatic rings. The molecule has 0 spiro atoms. The monoisotopic (exact) mass is 220 g/mol. The molecule has 0 bridgehead atoms. The van der Waals surface area contributed by atoms with E-state index < -0.39 is 6.29 Å². The molecule has 1 aliphatic heterocycles. The first-order valence-corrected chi connectivity index (χ1v) is 5.66. The highest BCUT2D eigenvalue weighted by Gasteiger charge is 2.29. The van der Waals surface area contributed by atoms with Crippen LogP contribution in [-0.2, 0) is 16.0 Å². The Morgan fingerprint density at radius 1 is 1.50 bits per heavy atom. The molecule has 0 aliphatic carbocycles. The number of ether oxygens (including phenoxy) is 2. The number of carbonyl (C=O) groups is 1. The molecule has 0 N–H and O–H groups in total. The fourth-order valence-corrected chi connectivity index (χ4v) is 1.85. The smallest absolute Gasteiger partial charge is 0.209 e. The number of fused-ring (bicyclic) bond motifs is 1. The van der Waals surface area contributed by atoms with Crippen LogP contribution in [0.5, 0.6) is 5.75 Å². The van der Waals surface area contributed by atoms with Gasteiger partial charge in [0.25, 0.3) is 0 Å². The zero-order chi connectivity index (χ0) is 11.4. The Hall–Kier alpha value is -1.35. The standard InChI is InChI=1S/C13H16O3/c1-2-7-15-13-11(9-14)8-10-5-3-4-6-12(10)16-13/h3-6,9,11,13H,2,7-8H2,1H3. The Balaban J connectivity index is 2.14. The highest BCUT2D eigenvalue weighted by Crippen LogP contribution is 2.30. The number of benzene rings is 1. The van der Waals surface area contributed by atoms with E-state index >= 15 is 0 Å². The van der Waals surface area contributed by atoms with E-state index in [9.17, 15) is 4.79 Å². The minimum Gasteiger partial charge on any atom is -0.464 e. The lowest BCUT2D eigenvalue weighted by Gasteiger charge is -2.30. The van der Waals surface area contributed by atoms with Crippen molar-refractivity contribution in [1.29, 1.82) is 0 Å². The summed E-state index contributed by atoms with van der Waals surface area (Å²) in [5.74, 6) is 0.642. The normalized spacial score (nSPS) is 23.3. The van der Waals surface area contributed by atoms with E-state index in [4.69, 9.17) is 9.47 Å². The van der Waals surface area contributed by atoms with Crippen molar-refractivity contribution in [2.24, 2.45) is 5.92 Å². The molecule has 2 atom stereocenters. The van der Waals surface area contributed by atoms with Crippen molar-refractivity contribution in [3.63, 3.8) is 0 Å². The predicted molar refractivity (Wildman–Crippen MR) is 60.4 cm³/mol. The fourth-order valence-electron chi connectivity index (χ4n) is 1.85. The summed E-state index contributed by atoms with van der Waals surface area (Å²) >= 11 is 0. The zero-order valence-corrected chi connectivity index (χ0v) is 9.39. The van der Waals surface area contributed by atoms with Crippen LogP contribution in [0.15, 0.2) is 24.3 Å². The summed E-state index contributed by atoms with van der Waals surface area (Å²) in [6.07, 6.45) is 2.13. The van der Waals surface area contributed by atoms with Gasteiger partial charge < -0.3 is 14.3 Å². The van der Waals surface area contributed by atoms with Gasteiger partial charge in [-0.3, -0.25) is 0 Å². The molecule has 2 rings (SSSR count). The van der Waals surface area contributed by atoms with Crippen LogP contribution in [0, 0.1) is 5.92 Å². The van der Waals surface area contributed by atoms with Gasteiger partial charge in [-0.25, -0.2) is 0 Å². The topological polar surface area (TPSA) is 35.5 Å². The van der Waals surface area contributed by atoms with Crippen LogP contribution in [0.25, 0.3) is 0 Å². The molecule has 3 nitrogen and oxygen atoms in total. The molecule has 2 unspecified atom stereocenters. The fraction of sp³-hybridized carbons (Fsp3) is 0.462. The maximum Gasteiger partial charge on any atom is 0.209 e. The first-order chi connectivity index (χ1) is 7.85. The second-order valence-corrected chi connectivity index (χ2v) is 3.97. The van der Waals surface area contributed by atoms with Crippen molar-refractivity contribution in [3.8, 4) is 5.75 Å². The van der Waals surface area contributed by atoms with E-state index in [-0.39, 0.29) is 5.92 Å². The van der Waals surface area contributed by atoms with E-state index in [0.29, 0.717) is 13.0 Å². The highest BCUT2D eigenvalue weighted by molar-refractivity contribution is 5.57. The van der Waals surface area contributed by atoms with Crippen LogP contribution < -0.4 is 4.74 Å². The molecule has 1 aromatic carbocycles. The van der Waals surface area contributed by atoms with Gasteiger partial charge in [0.15, 0.2) is 0 Å². The van der Waals surface area contributed by atoms with Gasteiger partial charge in [0, 0.05) is 0 Å². The molecule has 0 amide bonds. The van der Waals surface area contributed by atoms with Crippen LogP contribution in [0.4, 0.5) is 0 Å². The minimum absolute atomic E-state index is 0.193. The van der Waals surface area contributed by atoms with Crippen molar-refractivity contribution in [1.82, 2.24) is 0 Å². The second kappa shape index (κ2) is 5.12. The highest BCUT2D eigenvalue weighted by atomic mass is 16.7. The van der Waals surface area contributed by atoms with Gasteiger partial charge in [-0.15, -0.1) is 0 Å². The van der Waals surface area contributed by atoms with Gasteiger partial charge in [0.05, 0.1) is 12.5 Å². The van der Waals surface area contributed by atoms with Crippen molar-refractivity contribution in [3.05, 3.63) is 29.8 Å². The van der Waals surface area contributed by atoms with Crippen molar-refractivity contribution < 1.29 is 14.3 Å². The third-order valence-corrected chi connectivity index (χ3v) is 2.68. The van der Waals surface area contributed by atoms with E-state index in [2.05, 4.69) is 0 Å². The van der Waals surface area contributed by atoms with Gasteiger partial charge in [-0.1, -0.05) is 25.1 Å². The summed E-state index contributed by atoms with van der Waals surface area (Å²) in [5, 5.41) is 0. The largest absolute Gasteiger partial charge is 0.464 e. The van der Waals surface area contributed by atoms with Gasteiger partial charge >= 0.3 is 0 Å². The van der Waals surface area contributed by atoms with Crippen molar-refractivity contribution in [2.75, 3.05) is 6.61 Å². The summed E-state index contributed by atoms with van der Waals surface area (Å²) in [7, 11) is 0. The maximum atomic E-state index is 11.0. The quantitative estimate of drug-likeness (QED) is 0.730. The van der Waals surface area contributed by atoms with E-state index in [1.54, 1.807) is 0 Å². The summed E-state index contributed by atoms with van der Waals surface area (Å²) in [4.78, 5) is 11.0. The lowest BCUT2D eigenvalue weighted by molar-refractivity contribution is -0.140. The molecule has 1 heterocycles. The Morgan fingerprint density at radius 2 is 2.31 bits per heavy atom. The lowest BCUT2D eigenvalue weighted by atomic mass is 9.96. The van der Waals surface area contributed by atoms with Crippen LogP contribution >= 0.6 is 0 Å². The molecule has 3 heteroatoms. The molecule has 0 saturated carbocycles. The van der Waals surface area contributed by atoms with Crippen LogP contribution in [0.1, 0.15) is 18.9 Å². The number of hydrogen-bond donors (Lipinski definition) is 0. The van der Waals surface area contributed by atoms with E-state index in [0.717, 1.165) is 24.0 Å². The zero-order valence-electron chi connectivity index (χ0n) is 9.39.